The van der Waals surface area contributed by atoms with Crippen molar-refractivity contribution in [1.29, 1.82) is 0 Å². The third kappa shape index (κ3) is 3.21. The van der Waals surface area contributed by atoms with Crippen LogP contribution in [0.3, 0.4) is 0 Å². The highest BCUT2D eigenvalue weighted by atomic mass is 16.2. The van der Waals surface area contributed by atoms with Gasteiger partial charge in [0.25, 0.3) is 11.8 Å². The molecule has 0 fully saturated rings. The first-order chi connectivity index (χ1) is 13.5. The van der Waals surface area contributed by atoms with Crippen LogP contribution in [0.5, 0.6) is 0 Å². The number of carbonyl (C=O) groups excluding carboxylic acids is 2. The highest BCUT2D eigenvalue weighted by molar-refractivity contribution is 6.46. The van der Waals surface area contributed by atoms with Gasteiger partial charge in [-0.3, -0.25) is 9.59 Å². The fourth-order valence-corrected chi connectivity index (χ4v) is 3.30. The zero-order valence-corrected chi connectivity index (χ0v) is 15.8. The van der Waals surface area contributed by atoms with Crippen LogP contribution in [0, 0.1) is 13.8 Å². The molecule has 1 heterocycles. The van der Waals surface area contributed by atoms with Crippen molar-refractivity contribution in [3.05, 3.63) is 101 Å². The summed E-state index contributed by atoms with van der Waals surface area (Å²) in [7, 11) is 0. The smallest absolute Gasteiger partial charge is 0.282 e. The van der Waals surface area contributed by atoms with Gasteiger partial charge in [-0.25, -0.2) is 4.90 Å². The second-order valence-electron chi connectivity index (χ2n) is 6.89. The Hall–Kier alpha value is -3.66. The van der Waals surface area contributed by atoms with E-state index in [4.69, 9.17) is 0 Å². The van der Waals surface area contributed by atoms with Gasteiger partial charge in [0.2, 0.25) is 0 Å². The zero-order valence-electron chi connectivity index (χ0n) is 15.8. The van der Waals surface area contributed by atoms with Crippen molar-refractivity contribution in [2.75, 3.05) is 10.2 Å². The van der Waals surface area contributed by atoms with Gasteiger partial charge in [-0.2, -0.15) is 0 Å². The molecule has 0 bridgehead atoms. The van der Waals surface area contributed by atoms with Crippen molar-refractivity contribution in [1.82, 2.24) is 0 Å². The number of nitrogens with one attached hydrogen (secondary N) is 1. The SMILES string of the molecule is Cc1ccc(NC2=C(c3ccccc3)C(=O)N(c3cccc(C)c3)C2=O)cc1. The van der Waals surface area contributed by atoms with E-state index in [0.29, 0.717) is 22.5 Å². The quantitative estimate of drug-likeness (QED) is 0.679. The molecule has 1 N–H and O–H groups in total. The molecule has 2 amide bonds. The molecule has 0 aromatic heterocycles. The molecule has 0 atom stereocenters. The summed E-state index contributed by atoms with van der Waals surface area (Å²) in [4.78, 5) is 27.8. The van der Waals surface area contributed by atoms with Crippen molar-refractivity contribution in [3.8, 4) is 0 Å². The average molecular weight is 368 g/mol. The van der Waals surface area contributed by atoms with E-state index < -0.39 is 0 Å². The van der Waals surface area contributed by atoms with Crippen LogP contribution in [0.4, 0.5) is 11.4 Å². The highest BCUT2D eigenvalue weighted by Gasteiger charge is 2.40. The lowest BCUT2D eigenvalue weighted by Gasteiger charge is -2.16. The summed E-state index contributed by atoms with van der Waals surface area (Å²) in [5, 5.41) is 3.18. The Morgan fingerprint density at radius 3 is 2.11 bits per heavy atom. The molecule has 28 heavy (non-hydrogen) atoms. The minimum atomic E-state index is -0.352. The molecule has 0 aliphatic carbocycles. The standard InChI is InChI=1S/C24H20N2O2/c1-16-11-13-19(14-12-16)25-22-21(18-8-4-3-5-9-18)23(27)26(24(22)28)20-10-6-7-17(2)15-20/h3-15,25H,1-2H3. The molecular weight excluding hydrogens is 348 g/mol. The van der Waals surface area contributed by atoms with Gasteiger partial charge >= 0.3 is 0 Å². The first-order valence-corrected chi connectivity index (χ1v) is 9.13. The van der Waals surface area contributed by atoms with Gasteiger partial charge in [0.1, 0.15) is 5.70 Å². The van der Waals surface area contributed by atoms with Crippen molar-refractivity contribution < 1.29 is 9.59 Å². The first-order valence-electron chi connectivity index (χ1n) is 9.13. The van der Waals surface area contributed by atoms with Gasteiger partial charge < -0.3 is 5.32 Å². The molecule has 3 aromatic rings. The molecule has 0 unspecified atom stereocenters. The lowest BCUT2D eigenvalue weighted by Crippen LogP contribution is -2.32. The number of hydrogen-bond donors (Lipinski definition) is 1. The van der Waals surface area contributed by atoms with Gasteiger partial charge in [0, 0.05) is 5.69 Å². The molecule has 3 aromatic carbocycles. The maximum Gasteiger partial charge on any atom is 0.282 e. The maximum atomic E-state index is 13.3. The van der Waals surface area contributed by atoms with Crippen LogP contribution >= 0.6 is 0 Å². The number of imide groups is 1. The van der Waals surface area contributed by atoms with Crippen molar-refractivity contribution >= 4 is 28.8 Å². The molecule has 0 saturated carbocycles. The molecule has 4 heteroatoms. The summed E-state index contributed by atoms with van der Waals surface area (Å²) < 4.78 is 0. The predicted molar refractivity (Wildman–Crippen MR) is 112 cm³/mol. The molecule has 4 rings (SSSR count). The third-order valence-electron chi connectivity index (χ3n) is 4.73. The summed E-state index contributed by atoms with van der Waals surface area (Å²) in [6.07, 6.45) is 0. The molecule has 0 saturated heterocycles. The van der Waals surface area contributed by atoms with E-state index >= 15 is 0 Å². The van der Waals surface area contributed by atoms with Crippen LogP contribution < -0.4 is 10.2 Å². The molecule has 1 aliphatic rings. The second-order valence-corrected chi connectivity index (χ2v) is 6.89. The number of nitrogens with zero attached hydrogens (tertiary/aromatic N) is 1. The number of carbonyl (C=O) groups is 2. The Labute approximate surface area is 164 Å². The number of hydrogen-bond acceptors (Lipinski definition) is 3. The Bertz CT molecular complexity index is 1080. The summed E-state index contributed by atoms with van der Waals surface area (Å²) in [5.41, 5.74) is 4.84. The largest absolute Gasteiger partial charge is 0.350 e. The van der Waals surface area contributed by atoms with E-state index in [1.165, 1.54) is 4.90 Å². The fraction of sp³-hybridized carbons (Fsp3) is 0.0833. The Balaban J connectivity index is 1.81. The number of anilines is 2. The highest BCUT2D eigenvalue weighted by Crippen LogP contribution is 2.33. The summed E-state index contributed by atoms with van der Waals surface area (Å²) >= 11 is 0. The predicted octanol–water partition coefficient (Wildman–Crippen LogP) is 4.70. The minimum absolute atomic E-state index is 0.293. The molecule has 138 valence electrons. The van der Waals surface area contributed by atoms with Crippen LogP contribution in [-0.4, -0.2) is 11.8 Å². The summed E-state index contributed by atoms with van der Waals surface area (Å²) in [6.45, 7) is 3.94. The minimum Gasteiger partial charge on any atom is -0.350 e. The van der Waals surface area contributed by atoms with Crippen LogP contribution in [0.1, 0.15) is 16.7 Å². The van der Waals surface area contributed by atoms with E-state index in [1.54, 1.807) is 6.07 Å². The van der Waals surface area contributed by atoms with Gasteiger partial charge in [-0.1, -0.05) is 60.2 Å². The summed E-state index contributed by atoms with van der Waals surface area (Å²) in [6, 6.07) is 24.4. The zero-order chi connectivity index (χ0) is 19.7. The monoisotopic (exact) mass is 368 g/mol. The maximum absolute atomic E-state index is 13.3. The summed E-state index contributed by atoms with van der Waals surface area (Å²) in [5.74, 6) is -0.675. The van der Waals surface area contributed by atoms with Crippen LogP contribution in [0.15, 0.2) is 84.6 Å². The lowest BCUT2D eigenvalue weighted by molar-refractivity contribution is -0.120. The number of rotatable bonds is 4. The van der Waals surface area contributed by atoms with E-state index in [0.717, 1.165) is 16.8 Å². The van der Waals surface area contributed by atoms with E-state index in [2.05, 4.69) is 5.32 Å². The molecule has 1 aliphatic heterocycles. The van der Waals surface area contributed by atoms with E-state index in [1.807, 2.05) is 86.6 Å². The van der Waals surface area contributed by atoms with E-state index in [-0.39, 0.29) is 11.8 Å². The van der Waals surface area contributed by atoms with Crippen molar-refractivity contribution in [3.63, 3.8) is 0 Å². The molecule has 4 nitrogen and oxygen atoms in total. The van der Waals surface area contributed by atoms with Gasteiger partial charge in [0.15, 0.2) is 0 Å². The molecule has 0 radical (unpaired) electrons. The van der Waals surface area contributed by atoms with Gasteiger partial charge in [-0.15, -0.1) is 0 Å². The van der Waals surface area contributed by atoms with Crippen LogP contribution in [0.25, 0.3) is 5.57 Å². The van der Waals surface area contributed by atoms with Crippen molar-refractivity contribution in [2.45, 2.75) is 13.8 Å². The lowest BCUT2D eigenvalue weighted by atomic mass is 10.0. The first kappa shape index (κ1) is 17.7. The average Bonchev–Trinajstić information content (AvgIpc) is 2.94. The topological polar surface area (TPSA) is 49.4 Å². The van der Waals surface area contributed by atoms with Crippen molar-refractivity contribution in [2.24, 2.45) is 0 Å². The molecular formula is C24H20N2O2. The van der Waals surface area contributed by atoms with Crippen LogP contribution in [0.2, 0.25) is 0 Å². The van der Waals surface area contributed by atoms with Crippen LogP contribution in [-0.2, 0) is 9.59 Å². The number of amides is 2. The van der Waals surface area contributed by atoms with E-state index in [9.17, 15) is 9.59 Å². The second kappa shape index (κ2) is 7.16. The number of benzene rings is 3. The van der Waals surface area contributed by atoms with Gasteiger partial charge in [-0.05, 0) is 49.2 Å². The third-order valence-corrected chi connectivity index (χ3v) is 4.73. The normalized spacial score (nSPS) is 14.0. The fourth-order valence-electron chi connectivity index (χ4n) is 3.30. The Kier molecular flexibility index (Phi) is 4.53. The van der Waals surface area contributed by atoms with Gasteiger partial charge in [0.05, 0.1) is 11.3 Å². The molecule has 0 spiro atoms. The number of aryl methyl sites for hydroxylation is 2. The Morgan fingerprint density at radius 2 is 1.43 bits per heavy atom. The Morgan fingerprint density at radius 1 is 0.714 bits per heavy atom.